The Kier molecular flexibility index (Phi) is 4.56. The van der Waals surface area contributed by atoms with Gasteiger partial charge >= 0.3 is 0 Å². The Morgan fingerprint density at radius 3 is 2.38 bits per heavy atom. The summed E-state index contributed by atoms with van der Waals surface area (Å²) in [6, 6.07) is 15.2. The lowest BCUT2D eigenvalue weighted by atomic mass is 10.1. The van der Waals surface area contributed by atoms with Crippen LogP contribution in [0.1, 0.15) is 11.1 Å². The molecular weight excluding hydrogens is 302 g/mol. The summed E-state index contributed by atoms with van der Waals surface area (Å²) in [6.07, 6.45) is 0. The molecule has 0 bridgehead atoms. The molecule has 24 heavy (non-hydrogen) atoms. The summed E-state index contributed by atoms with van der Waals surface area (Å²) in [7, 11) is 1.63. The first kappa shape index (κ1) is 16.1. The standard InChI is InChI=1S/C20H21NO3/c1-14-5-4-6-18-15(2)13-19(22)21(20(14)18)11-12-24-17-9-7-16(23-3)8-10-17/h4-10,13H,11-12H2,1-3H3. The van der Waals surface area contributed by atoms with Crippen molar-refractivity contribution < 1.29 is 9.47 Å². The van der Waals surface area contributed by atoms with Gasteiger partial charge in [0.25, 0.3) is 5.56 Å². The van der Waals surface area contributed by atoms with Crippen molar-refractivity contribution in [2.45, 2.75) is 20.4 Å². The van der Waals surface area contributed by atoms with Crippen LogP contribution in [0, 0.1) is 13.8 Å². The van der Waals surface area contributed by atoms with Gasteiger partial charge in [-0.3, -0.25) is 4.79 Å². The second-order valence-corrected chi connectivity index (χ2v) is 5.81. The van der Waals surface area contributed by atoms with Crippen molar-refractivity contribution in [2.75, 3.05) is 13.7 Å². The van der Waals surface area contributed by atoms with Crippen molar-refractivity contribution >= 4 is 10.9 Å². The molecule has 0 aliphatic rings. The SMILES string of the molecule is COc1ccc(OCCn2c(=O)cc(C)c3cccc(C)c32)cc1. The second kappa shape index (κ2) is 6.79. The van der Waals surface area contributed by atoms with Gasteiger partial charge in [0.1, 0.15) is 18.1 Å². The van der Waals surface area contributed by atoms with Crippen LogP contribution in [-0.2, 0) is 6.54 Å². The fourth-order valence-electron chi connectivity index (χ4n) is 2.94. The van der Waals surface area contributed by atoms with Crippen molar-refractivity contribution in [3.8, 4) is 11.5 Å². The molecule has 3 rings (SSSR count). The van der Waals surface area contributed by atoms with E-state index in [0.717, 1.165) is 33.5 Å². The lowest BCUT2D eigenvalue weighted by Gasteiger charge is -2.14. The number of fused-ring (bicyclic) bond motifs is 1. The van der Waals surface area contributed by atoms with Crippen LogP contribution in [0.15, 0.2) is 53.3 Å². The Hall–Kier alpha value is -2.75. The molecule has 0 saturated heterocycles. The fraction of sp³-hybridized carbons (Fsp3) is 0.250. The first-order valence-electron chi connectivity index (χ1n) is 7.97. The van der Waals surface area contributed by atoms with Gasteiger partial charge in [0.2, 0.25) is 0 Å². The number of aryl methyl sites for hydroxylation is 2. The van der Waals surface area contributed by atoms with Crippen molar-refractivity contribution in [3.05, 3.63) is 70.0 Å². The summed E-state index contributed by atoms with van der Waals surface area (Å²) in [5.74, 6) is 1.55. The minimum absolute atomic E-state index is 0.00707. The number of methoxy groups -OCH3 is 1. The average Bonchev–Trinajstić information content (AvgIpc) is 2.58. The highest BCUT2D eigenvalue weighted by Gasteiger charge is 2.08. The van der Waals surface area contributed by atoms with Crippen LogP contribution in [0.5, 0.6) is 11.5 Å². The minimum atomic E-state index is 0.00707. The largest absolute Gasteiger partial charge is 0.497 e. The molecule has 1 aromatic heterocycles. The number of para-hydroxylation sites is 1. The quantitative estimate of drug-likeness (QED) is 0.719. The van der Waals surface area contributed by atoms with Gasteiger partial charge in [-0.1, -0.05) is 18.2 Å². The maximum Gasteiger partial charge on any atom is 0.251 e. The zero-order chi connectivity index (χ0) is 17.1. The molecule has 0 fully saturated rings. The zero-order valence-electron chi connectivity index (χ0n) is 14.2. The van der Waals surface area contributed by atoms with Crippen LogP contribution in [0.25, 0.3) is 10.9 Å². The van der Waals surface area contributed by atoms with Gasteiger partial charge in [0.15, 0.2) is 0 Å². The third kappa shape index (κ3) is 3.13. The highest BCUT2D eigenvalue weighted by molar-refractivity contribution is 5.85. The van der Waals surface area contributed by atoms with Crippen LogP contribution < -0.4 is 15.0 Å². The maximum atomic E-state index is 12.4. The van der Waals surface area contributed by atoms with Crippen LogP contribution >= 0.6 is 0 Å². The van der Waals surface area contributed by atoms with Gasteiger partial charge in [-0.25, -0.2) is 0 Å². The minimum Gasteiger partial charge on any atom is -0.497 e. The van der Waals surface area contributed by atoms with E-state index in [2.05, 4.69) is 6.07 Å². The molecule has 0 aliphatic heterocycles. The molecule has 2 aromatic carbocycles. The number of rotatable bonds is 5. The predicted molar refractivity (Wildman–Crippen MR) is 96.2 cm³/mol. The highest BCUT2D eigenvalue weighted by Crippen LogP contribution is 2.20. The second-order valence-electron chi connectivity index (χ2n) is 5.81. The normalized spacial score (nSPS) is 10.8. The third-order valence-electron chi connectivity index (χ3n) is 4.18. The van der Waals surface area contributed by atoms with Crippen LogP contribution in [0.4, 0.5) is 0 Å². The van der Waals surface area contributed by atoms with Gasteiger partial charge in [0.05, 0.1) is 19.2 Å². The molecule has 0 unspecified atom stereocenters. The highest BCUT2D eigenvalue weighted by atomic mass is 16.5. The summed E-state index contributed by atoms with van der Waals surface area (Å²) in [5, 5.41) is 1.11. The van der Waals surface area contributed by atoms with E-state index in [1.807, 2.05) is 50.2 Å². The number of hydrogen-bond donors (Lipinski definition) is 0. The topological polar surface area (TPSA) is 40.5 Å². The van der Waals surface area contributed by atoms with Gasteiger partial charge < -0.3 is 14.0 Å². The predicted octanol–water partition coefficient (Wildman–Crippen LogP) is 3.71. The monoisotopic (exact) mass is 323 g/mol. The van der Waals surface area contributed by atoms with Crippen molar-refractivity contribution in [3.63, 3.8) is 0 Å². The van der Waals surface area contributed by atoms with E-state index in [1.54, 1.807) is 17.7 Å². The van der Waals surface area contributed by atoms with Crippen LogP contribution in [0.2, 0.25) is 0 Å². The Balaban J connectivity index is 1.83. The van der Waals surface area contributed by atoms with Crippen molar-refractivity contribution in [1.82, 2.24) is 4.57 Å². The van der Waals surface area contributed by atoms with E-state index in [1.165, 1.54) is 0 Å². The molecule has 0 amide bonds. The number of aromatic nitrogens is 1. The van der Waals surface area contributed by atoms with Gasteiger partial charge in [-0.2, -0.15) is 0 Å². The molecule has 0 spiro atoms. The smallest absolute Gasteiger partial charge is 0.251 e. The molecule has 0 N–H and O–H groups in total. The first-order chi connectivity index (χ1) is 11.6. The van der Waals surface area contributed by atoms with E-state index in [9.17, 15) is 4.79 Å². The number of ether oxygens (including phenoxy) is 2. The molecule has 0 atom stereocenters. The summed E-state index contributed by atoms with van der Waals surface area (Å²) in [6.45, 7) is 4.94. The van der Waals surface area contributed by atoms with Crippen LogP contribution in [0.3, 0.4) is 0 Å². The van der Waals surface area contributed by atoms with Gasteiger partial charge in [-0.15, -0.1) is 0 Å². The van der Waals surface area contributed by atoms with E-state index < -0.39 is 0 Å². The summed E-state index contributed by atoms with van der Waals surface area (Å²) < 4.78 is 12.7. The van der Waals surface area contributed by atoms with Gasteiger partial charge in [0, 0.05) is 11.5 Å². The Morgan fingerprint density at radius 2 is 1.67 bits per heavy atom. The third-order valence-corrected chi connectivity index (χ3v) is 4.18. The molecule has 0 aliphatic carbocycles. The molecule has 3 aromatic rings. The summed E-state index contributed by atoms with van der Waals surface area (Å²) in [4.78, 5) is 12.4. The van der Waals surface area contributed by atoms with E-state index in [0.29, 0.717) is 13.2 Å². The fourth-order valence-corrected chi connectivity index (χ4v) is 2.94. The molecule has 0 radical (unpaired) electrons. The molecule has 1 heterocycles. The number of nitrogens with zero attached hydrogens (tertiary/aromatic N) is 1. The lowest BCUT2D eigenvalue weighted by Crippen LogP contribution is -2.24. The maximum absolute atomic E-state index is 12.4. The van der Waals surface area contributed by atoms with E-state index >= 15 is 0 Å². The zero-order valence-corrected chi connectivity index (χ0v) is 14.2. The molecule has 0 saturated carbocycles. The average molecular weight is 323 g/mol. The first-order valence-corrected chi connectivity index (χ1v) is 7.97. The summed E-state index contributed by atoms with van der Waals surface area (Å²) in [5.41, 5.74) is 3.09. The molecular formula is C20H21NO3. The Bertz CT molecular complexity index is 911. The van der Waals surface area contributed by atoms with E-state index in [-0.39, 0.29) is 5.56 Å². The van der Waals surface area contributed by atoms with E-state index in [4.69, 9.17) is 9.47 Å². The molecule has 124 valence electrons. The summed E-state index contributed by atoms with van der Waals surface area (Å²) >= 11 is 0. The lowest BCUT2D eigenvalue weighted by molar-refractivity contribution is 0.298. The Morgan fingerprint density at radius 1 is 0.958 bits per heavy atom. The molecule has 4 heteroatoms. The number of benzene rings is 2. The Labute approximate surface area is 141 Å². The number of hydrogen-bond acceptors (Lipinski definition) is 3. The van der Waals surface area contributed by atoms with Crippen LogP contribution in [-0.4, -0.2) is 18.3 Å². The van der Waals surface area contributed by atoms with Crippen molar-refractivity contribution in [2.24, 2.45) is 0 Å². The number of pyridine rings is 1. The van der Waals surface area contributed by atoms with Crippen molar-refractivity contribution in [1.29, 1.82) is 0 Å². The molecule has 4 nitrogen and oxygen atoms in total. The van der Waals surface area contributed by atoms with Gasteiger partial charge in [-0.05, 0) is 49.2 Å².